The summed E-state index contributed by atoms with van der Waals surface area (Å²) >= 11 is 6.52. The third-order valence-electron chi connectivity index (χ3n) is 3.05. The van der Waals surface area contributed by atoms with E-state index < -0.39 is 0 Å². The number of rotatable bonds is 6. The second-order valence-corrected chi connectivity index (χ2v) is 6.08. The van der Waals surface area contributed by atoms with Gasteiger partial charge >= 0.3 is 0 Å². The van der Waals surface area contributed by atoms with Crippen LogP contribution in [0.15, 0.2) is 35.8 Å². The first-order chi connectivity index (χ1) is 10.6. The van der Waals surface area contributed by atoms with Gasteiger partial charge in [-0.1, -0.05) is 48.8 Å². The molecule has 0 saturated carbocycles. The minimum absolute atomic E-state index is 0.0741. The summed E-state index contributed by atoms with van der Waals surface area (Å²) in [5.74, 6) is 1.13. The highest BCUT2D eigenvalue weighted by Gasteiger charge is 2.30. The molecule has 1 saturated heterocycles. The SMILES string of the molecule is C=CCOc1c(/C=C2/SC(=S)N(CC)C2=O)cccc1OC. The van der Waals surface area contributed by atoms with Crippen molar-refractivity contribution in [3.8, 4) is 11.5 Å². The Bertz CT molecular complexity index is 640. The molecule has 1 amide bonds. The minimum atomic E-state index is -0.0741. The number of ether oxygens (including phenoxy) is 2. The highest BCUT2D eigenvalue weighted by molar-refractivity contribution is 8.26. The molecule has 6 heteroatoms. The first-order valence-electron chi connectivity index (χ1n) is 6.78. The summed E-state index contributed by atoms with van der Waals surface area (Å²) in [5, 5.41) is 0. The fourth-order valence-corrected chi connectivity index (χ4v) is 3.39. The number of hydrogen-bond donors (Lipinski definition) is 0. The van der Waals surface area contributed by atoms with E-state index in [1.807, 2.05) is 25.1 Å². The Morgan fingerprint density at radius 3 is 2.82 bits per heavy atom. The van der Waals surface area contributed by atoms with Crippen LogP contribution in [-0.2, 0) is 4.79 Å². The largest absolute Gasteiger partial charge is 0.493 e. The fraction of sp³-hybridized carbons (Fsp3) is 0.250. The van der Waals surface area contributed by atoms with Crippen LogP contribution in [0, 0.1) is 0 Å². The van der Waals surface area contributed by atoms with Gasteiger partial charge in [-0.2, -0.15) is 0 Å². The van der Waals surface area contributed by atoms with Gasteiger partial charge in [0.15, 0.2) is 11.5 Å². The number of hydrogen-bond acceptors (Lipinski definition) is 5. The van der Waals surface area contributed by atoms with E-state index in [9.17, 15) is 4.79 Å². The molecule has 0 atom stereocenters. The maximum absolute atomic E-state index is 12.3. The molecule has 0 aliphatic carbocycles. The van der Waals surface area contributed by atoms with Gasteiger partial charge in [-0.3, -0.25) is 9.69 Å². The molecule has 22 heavy (non-hydrogen) atoms. The number of thioether (sulfide) groups is 1. The van der Waals surface area contributed by atoms with Crippen LogP contribution in [0.25, 0.3) is 6.08 Å². The highest BCUT2D eigenvalue weighted by atomic mass is 32.2. The van der Waals surface area contributed by atoms with Crippen LogP contribution in [0.4, 0.5) is 0 Å². The molecule has 1 aliphatic rings. The molecule has 2 rings (SSSR count). The van der Waals surface area contributed by atoms with Crippen molar-refractivity contribution in [3.63, 3.8) is 0 Å². The van der Waals surface area contributed by atoms with Crippen molar-refractivity contribution >= 4 is 40.3 Å². The Labute approximate surface area is 139 Å². The van der Waals surface area contributed by atoms with Crippen LogP contribution in [0.1, 0.15) is 12.5 Å². The lowest BCUT2D eigenvalue weighted by atomic mass is 10.1. The molecule has 1 aliphatic heterocycles. The molecule has 4 nitrogen and oxygen atoms in total. The zero-order chi connectivity index (χ0) is 16.1. The molecular formula is C16H17NO3S2. The Balaban J connectivity index is 2.40. The Hall–Kier alpha value is -1.79. The van der Waals surface area contributed by atoms with Gasteiger partial charge in [-0.05, 0) is 19.1 Å². The van der Waals surface area contributed by atoms with Crippen LogP contribution in [-0.4, -0.2) is 35.4 Å². The first-order valence-corrected chi connectivity index (χ1v) is 8.00. The second kappa shape index (κ2) is 7.47. The van der Waals surface area contributed by atoms with E-state index in [0.29, 0.717) is 33.9 Å². The molecule has 1 aromatic carbocycles. The molecule has 0 bridgehead atoms. The van der Waals surface area contributed by atoms with Crippen LogP contribution in [0.3, 0.4) is 0 Å². The average Bonchev–Trinajstić information content (AvgIpc) is 2.79. The smallest absolute Gasteiger partial charge is 0.266 e. The van der Waals surface area contributed by atoms with Gasteiger partial charge in [-0.25, -0.2) is 0 Å². The quantitative estimate of drug-likeness (QED) is 0.452. The third kappa shape index (κ3) is 3.34. The van der Waals surface area contributed by atoms with Gasteiger partial charge < -0.3 is 9.47 Å². The normalized spacial score (nSPS) is 16.3. The number of thiocarbonyl (C=S) groups is 1. The summed E-state index contributed by atoms with van der Waals surface area (Å²) in [5.41, 5.74) is 0.776. The lowest BCUT2D eigenvalue weighted by Gasteiger charge is -2.12. The van der Waals surface area contributed by atoms with Crippen LogP contribution in [0.2, 0.25) is 0 Å². The maximum atomic E-state index is 12.3. The number of para-hydroxylation sites is 1. The maximum Gasteiger partial charge on any atom is 0.266 e. The van der Waals surface area contributed by atoms with Gasteiger partial charge in [0.2, 0.25) is 0 Å². The van der Waals surface area contributed by atoms with Gasteiger partial charge in [0, 0.05) is 12.1 Å². The Morgan fingerprint density at radius 1 is 1.45 bits per heavy atom. The van der Waals surface area contributed by atoms with Crippen molar-refractivity contribution in [2.45, 2.75) is 6.92 Å². The van der Waals surface area contributed by atoms with E-state index in [4.69, 9.17) is 21.7 Å². The van der Waals surface area contributed by atoms with Crippen molar-refractivity contribution in [1.82, 2.24) is 4.90 Å². The molecule has 0 aromatic heterocycles. The van der Waals surface area contributed by atoms with Crippen molar-refractivity contribution < 1.29 is 14.3 Å². The predicted molar refractivity (Wildman–Crippen MR) is 94.2 cm³/mol. The fourth-order valence-electron chi connectivity index (χ4n) is 2.02. The number of benzene rings is 1. The zero-order valence-electron chi connectivity index (χ0n) is 12.5. The lowest BCUT2D eigenvalue weighted by Crippen LogP contribution is -2.27. The van der Waals surface area contributed by atoms with E-state index >= 15 is 0 Å². The number of carbonyl (C=O) groups is 1. The number of carbonyl (C=O) groups excluding carboxylic acids is 1. The van der Waals surface area contributed by atoms with Gasteiger partial charge in [-0.15, -0.1) is 0 Å². The molecule has 116 valence electrons. The molecule has 0 spiro atoms. The first kappa shape index (κ1) is 16.6. The predicted octanol–water partition coefficient (Wildman–Crippen LogP) is 3.48. The second-order valence-electron chi connectivity index (χ2n) is 4.40. The van der Waals surface area contributed by atoms with Gasteiger partial charge in [0.25, 0.3) is 5.91 Å². The summed E-state index contributed by atoms with van der Waals surface area (Å²) in [6, 6.07) is 5.54. The summed E-state index contributed by atoms with van der Waals surface area (Å²) in [4.78, 5) is 14.5. The summed E-state index contributed by atoms with van der Waals surface area (Å²) in [6.45, 7) is 6.47. The van der Waals surface area contributed by atoms with Crippen molar-refractivity contribution in [1.29, 1.82) is 0 Å². The topological polar surface area (TPSA) is 38.8 Å². The molecule has 1 heterocycles. The van der Waals surface area contributed by atoms with E-state index in [1.165, 1.54) is 11.8 Å². The van der Waals surface area contributed by atoms with E-state index in [1.54, 1.807) is 24.2 Å². The lowest BCUT2D eigenvalue weighted by molar-refractivity contribution is -0.121. The number of likely N-dealkylation sites (N-methyl/N-ethyl adjacent to an activating group) is 1. The zero-order valence-corrected chi connectivity index (χ0v) is 14.1. The average molecular weight is 335 g/mol. The number of amides is 1. The van der Waals surface area contributed by atoms with Crippen LogP contribution >= 0.6 is 24.0 Å². The van der Waals surface area contributed by atoms with E-state index in [2.05, 4.69) is 6.58 Å². The molecule has 0 unspecified atom stereocenters. The summed E-state index contributed by atoms with van der Waals surface area (Å²) in [6.07, 6.45) is 3.45. The highest BCUT2D eigenvalue weighted by Crippen LogP contribution is 2.37. The summed E-state index contributed by atoms with van der Waals surface area (Å²) < 4.78 is 11.6. The molecule has 0 N–H and O–H groups in total. The van der Waals surface area contributed by atoms with Gasteiger partial charge in [0.1, 0.15) is 10.9 Å². The number of nitrogens with zero attached hydrogens (tertiary/aromatic N) is 1. The van der Waals surface area contributed by atoms with Crippen molar-refractivity contribution in [3.05, 3.63) is 41.3 Å². The molecule has 1 aromatic rings. The van der Waals surface area contributed by atoms with E-state index in [-0.39, 0.29) is 5.91 Å². The molecular weight excluding hydrogens is 318 g/mol. The molecule has 1 fully saturated rings. The Kier molecular flexibility index (Phi) is 5.63. The minimum Gasteiger partial charge on any atom is -0.493 e. The van der Waals surface area contributed by atoms with Gasteiger partial charge in [0.05, 0.1) is 12.0 Å². The summed E-state index contributed by atoms with van der Waals surface area (Å²) in [7, 11) is 1.58. The standard InChI is InChI=1S/C16H17NO3S2/c1-4-9-20-14-11(7-6-8-12(14)19-3)10-13-15(18)17(5-2)16(21)22-13/h4,6-8,10H,1,5,9H2,2-3H3/b13-10+. The van der Waals surface area contributed by atoms with Crippen molar-refractivity contribution in [2.24, 2.45) is 0 Å². The monoisotopic (exact) mass is 335 g/mol. The van der Waals surface area contributed by atoms with E-state index in [0.717, 1.165) is 5.56 Å². The van der Waals surface area contributed by atoms with Crippen molar-refractivity contribution in [2.75, 3.05) is 20.3 Å². The van der Waals surface area contributed by atoms with Crippen LogP contribution in [0.5, 0.6) is 11.5 Å². The third-order valence-corrected chi connectivity index (χ3v) is 4.43. The number of methoxy groups -OCH3 is 1. The Morgan fingerprint density at radius 2 is 2.23 bits per heavy atom. The van der Waals surface area contributed by atoms with Crippen LogP contribution < -0.4 is 9.47 Å². The molecule has 0 radical (unpaired) electrons.